The van der Waals surface area contributed by atoms with Crippen molar-refractivity contribution in [3.63, 3.8) is 0 Å². The predicted octanol–water partition coefficient (Wildman–Crippen LogP) is 0.546. The predicted molar refractivity (Wildman–Crippen MR) is 80.7 cm³/mol. The molecule has 2 fully saturated rings. The highest BCUT2D eigenvalue weighted by Gasteiger charge is 2.62. The molecule has 2 aliphatic heterocycles. The summed E-state index contributed by atoms with van der Waals surface area (Å²) >= 11 is 0. The maximum Gasteiger partial charge on any atom is 0.284 e. The zero-order valence-electron chi connectivity index (χ0n) is 13.1. The van der Waals surface area contributed by atoms with Crippen LogP contribution in [0.2, 0.25) is 0 Å². The van der Waals surface area contributed by atoms with Gasteiger partial charge in [-0.1, -0.05) is 24.0 Å². The van der Waals surface area contributed by atoms with Crippen LogP contribution in [0.15, 0.2) is 24.3 Å². The lowest BCUT2D eigenvalue weighted by molar-refractivity contribution is -0.385. The molecule has 1 aromatic carbocycles. The molecule has 0 saturated carbocycles. The van der Waals surface area contributed by atoms with Crippen molar-refractivity contribution in [2.75, 3.05) is 6.61 Å². The Bertz CT molecular complexity index is 723. The van der Waals surface area contributed by atoms with E-state index < -0.39 is 41.4 Å². The lowest BCUT2D eigenvalue weighted by Gasteiger charge is -2.28. The van der Waals surface area contributed by atoms with E-state index in [1.54, 1.807) is 19.9 Å². The second-order valence-electron chi connectivity index (χ2n) is 6.08. The number of nitro groups is 1. The van der Waals surface area contributed by atoms with E-state index in [2.05, 4.69) is 11.8 Å². The molecule has 8 nitrogen and oxygen atoms in total. The maximum atomic E-state index is 11.1. The maximum absolute atomic E-state index is 11.1. The van der Waals surface area contributed by atoms with Crippen LogP contribution in [0.5, 0.6) is 0 Å². The fourth-order valence-corrected chi connectivity index (χ4v) is 2.82. The Morgan fingerprint density at radius 3 is 2.71 bits per heavy atom. The standard InChI is InChI=1S/C16H17NO7/c1-15(2)23-13-14(24-15)22-12(9-18)16(13,19)8-7-10-5-3-4-6-11(10)17(20)21/h3-6,12-14,18-19H,9H2,1-2H3/t12-,13+,14+,16-/m1/s1. The van der Waals surface area contributed by atoms with E-state index in [-0.39, 0.29) is 11.3 Å². The van der Waals surface area contributed by atoms with Crippen LogP contribution in [0.3, 0.4) is 0 Å². The number of rotatable bonds is 2. The van der Waals surface area contributed by atoms with Crippen LogP contribution in [0, 0.1) is 22.0 Å². The highest BCUT2D eigenvalue weighted by molar-refractivity contribution is 5.51. The first-order valence-electron chi connectivity index (χ1n) is 7.38. The Morgan fingerprint density at radius 2 is 2.04 bits per heavy atom. The zero-order valence-corrected chi connectivity index (χ0v) is 13.1. The number of hydrogen-bond acceptors (Lipinski definition) is 7. The topological polar surface area (TPSA) is 111 Å². The molecule has 8 heteroatoms. The van der Waals surface area contributed by atoms with Gasteiger partial charge >= 0.3 is 0 Å². The Balaban J connectivity index is 1.97. The van der Waals surface area contributed by atoms with Crippen LogP contribution < -0.4 is 0 Å². The Morgan fingerprint density at radius 1 is 1.33 bits per heavy atom. The minimum absolute atomic E-state index is 0.147. The molecule has 0 spiro atoms. The third-order valence-electron chi connectivity index (χ3n) is 3.94. The van der Waals surface area contributed by atoms with Gasteiger partial charge in [-0.3, -0.25) is 10.1 Å². The van der Waals surface area contributed by atoms with Crippen molar-refractivity contribution < 1.29 is 29.3 Å². The van der Waals surface area contributed by atoms with E-state index in [1.165, 1.54) is 18.2 Å². The molecule has 24 heavy (non-hydrogen) atoms. The smallest absolute Gasteiger partial charge is 0.284 e. The van der Waals surface area contributed by atoms with Gasteiger partial charge in [-0.25, -0.2) is 0 Å². The summed E-state index contributed by atoms with van der Waals surface area (Å²) in [5.74, 6) is 4.24. The van der Waals surface area contributed by atoms with E-state index in [1.807, 2.05) is 0 Å². The van der Waals surface area contributed by atoms with Crippen molar-refractivity contribution >= 4 is 5.69 Å². The van der Waals surface area contributed by atoms with Crippen molar-refractivity contribution in [1.29, 1.82) is 0 Å². The average Bonchev–Trinajstić information content (AvgIpc) is 2.97. The molecule has 2 saturated heterocycles. The van der Waals surface area contributed by atoms with Gasteiger partial charge in [0.1, 0.15) is 11.7 Å². The van der Waals surface area contributed by atoms with Crippen LogP contribution in [0.25, 0.3) is 0 Å². The molecular formula is C16H17NO7. The van der Waals surface area contributed by atoms with Crippen LogP contribution in [0.4, 0.5) is 5.69 Å². The minimum Gasteiger partial charge on any atom is -0.394 e. The number of ether oxygens (including phenoxy) is 3. The molecule has 0 radical (unpaired) electrons. The SMILES string of the molecule is CC1(C)O[C@@H]2O[C@H](CO)[C@](O)(C#Cc3ccccc3[N+](=O)[O-])[C@H]2O1. The first-order valence-corrected chi connectivity index (χ1v) is 7.38. The third kappa shape index (κ3) is 2.77. The highest BCUT2D eigenvalue weighted by Crippen LogP contribution is 2.42. The molecule has 3 rings (SSSR count). The van der Waals surface area contributed by atoms with Gasteiger partial charge in [0, 0.05) is 6.07 Å². The number of nitrogens with zero attached hydrogens (tertiary/aromatic N) is 1. The first-order chi connectivity index (χ1) is 11.3. The van der Waals surface area contributed by atoms with Crippen LogP contribution in [-0.2, 0) is 14.2 Å². The van der Waals surface area contributed by atoms with Crippen molar-refractivity contribution in [2.45, 2.75) is 43.7 Å². The quantitative estimate of drug-likeness (QED) is 0.461. The van der Waals surface area contributed by atoms with Crippen LogP contribution >= 0.6 is 0 Å². The summed E-state index contributed by atoms with van der Waals surface area (Å²) < 4.78 is 16.6. The summed E-state index contributed by atoms with van der Waals surface area (Å²) in [6, 6.07) is 5.94. The minimum atomic E-state index is -1.85. The molecule has 0 amide bonds. The van der Waals surface area contributed by atoms with Gasteiger partial charge in [-0.05, 0) is 19.9 Å². The molecule has 0 bridgehead atoms. The zero-order chi connectivity index (χ0) is 17.5. The van der Waals surface area contributed by atoms with Crippen molar-refractivity contribution in [3.8, 4) is 11.8 Å². The van der Waals surface area contributed by atoms with Gasteiger partial charge in [0.2, 0.25) is 0 Å². The molecule has 128 valence electrons. The Labute approximate surface area is 138 Å². The molecule has 1 aromatic rings. The van der Waals surface area contributed by atoms with E-state index in [0.29, 0.717) is 0 Å². The second-order valence-corrected chi connectivity index (χ2v) is 6.08. The van der Waals surface area contributed by atoms with Crippen molar-refractivity contribution in [3.05, 3.63) is 39.9 Å². The Kier molecular flexibility index (Phi) is 4.07. The lowest BCUT2D eigenvalue weighted by Crippen LogP contribution is -2.49. The second kappa shape index (κ2) is 5.81. The summed E-state index contributed by atoms with van der Waals surface area (Å²) in [5, 5.41) is 31.4. The Hall–Kier alpha value is -2.02. The van der Waals surface area contributed by atoms with Crippen molar-refractivity contribution in [1.82, 2.24) is 0 Å². The number of aliphatic hydroxyl groups is 2. The monoisotopic (exact) mass is 335 g/mol. The summed E-state index contributed by atoms with van der Waals surface area (Å²) in [4.78, 5) is 10.5. The summed E-state index contributed by atoms with van der Waals surface area (Å²) in [7, 11) is 0. The molecular weight excluding hydrogens is 318 g/mol. The fraction of sp³-hybridized carbons (Fsp3) is 0.500. The summed E-state index contributed by atoms with van der Waals surface area (Å²) in [5.41, 5.74) is -1.88. The van der Waals surface area contributed by atoms with Crippen LogP contribution in [0.1, 0.15) is 19.4 Å². The number of benzene rings is 1. The van der Waals surface area contributed by atoms with Gasteiger partial charge in [0.25, 0.3) is 5.69 Å². The van der Waals surface area contributed by atoms with Crippen molar-refractivity contribution in [2.24, 2.45) is 0 Å². The van der Waals surface area contributed by atoms with Gasteiger partial charge in [0.15, 0.2) is 23.8 Å². The molecule has 0 unspecified atom stereocenters. The van der Waals surface area contributed by atoms with E-state index in [4.69, 9.17) is 14.2 Å². The van der Waals surface area contributed by atoms with Gasteiger partial charge in [-0.2, -0.15) is 0 Å². The molecule has 2 aliphatic rings. The number of nitro benzene ring substituents is 1. The van der Waals surface area contributed by atoms with E-state index >= 15 is 0 Å². The number of para-hydroxylation sites is 1. The first kappa shape index (κ1) is 16.8. The van der Waals surface area contributed by atoms with E-state index in [0.717, 1.165) is 0 Å². The fourth-order valence-electron chi connectivity index (χ4n) is 2.82. The third-order valence-corrected chi connectivity index (χ3v) is 3.94. The normalized spacial score (nSPS) is 33.6. The number of fused-ring (bicyclic) bond motifs is 1. The van der Waals surface area contributed by atoms with E-state index in [9.17, 15) is 20.3 Å². The summed E-state index contributed by atoms with van der Waals surface area (Å²) in [6.45, 7) is 2.83. The number of hydrogen-bond donors (Lipinski definition) is 2. The average molecular weight is 335 g/mol. The molecule has 0 aliphatic carbocycles. The largest absolute Gasteiger partial charge is 0.394 e. The molecule has 4 atom stereocenters. The molecule has 2 heterocycles. The van der Waals surface area contributed by atoms with Gasteiger partial charge < -0.3 is 24.4 Å². The highest BCUT2D eigenvalue weighted by atomic mass is 16.8. The molecule has 2 N–H and O–H groups in total. The molecule has 0 aromatic heterocycles. The van der Waals surface area contributed by atoms with Gasteiger partial charge in [-0.15, -0.1) is 0 Å². The number of aliphatic hydroxyl groups excluding tert-OH is 1. The summed E-state index contributed by atoms with van der Waals surface area (Å²) in [6.07, 6.45) is -2.85. The lowest BCUT2D eigenvalue weighted by atomic mass is 9.93. The van der Waals surface area contributed by atoms with Gasteiger partial charge in [0.05, 0.1) is 11.5 Å². The van der Waals surface area contributed by atoms with Crippen LogP contribution in [-0.4, -0.2) is 51.6 Å².